The zero-order chi connectivity index (χ0) is 23.8. The molecule has 0 spiro atoms. The van der Waals surface area contributed by atoms with Crippen molar-refractivity contribution in [3.63, 3.8) is 0 Å². The lowest BCUT2D eigenvalue weighted by molar-refractivity contribution is -0.680. The molecule has 2 heterocycles. The molecule has 0 bridgehead atoms. The van der Waals surface area contributed by atoms with Crippen molar-refractivity contribution >= 4 is 29.7 Å². The number of aromatic nitrogens is 2. The highest BCUT2D eigenvalue weighted by atomic mass is 16.6. The SMILES string of the molecule is COC(=O)c1ccc2c(c1)C(C)(C)C(=Cc1nc(OC(C)=O)cc(OC(C)=O)[n+]1C)N2C. The van der Waals surface area contributed by atoms with E-state index in [0.29, 0.717) is 11.4 Å². The zero-order valence-corrected chi connectivity index (χ0v) is 19.2. The lowest BCUT2D eigenvalue weighted by atomic mass is 9.83. The van der Waals surface area contributed by atoms with E-state index in [1.165, 1.54) is 27.0 Å². The first-order valence-electron chi connectivity index (χ1n) is 9.92. The second-order valence-electron chi connectivity index (χ2n) is 7.97. The number of hydrogen-bond acceptors (Lipinski definition) is 8. The topological polar surface area (TPSA) is 98.9 Å². The molecular weight excluding hydrogens is 414 g/mol. The Labute approximate surface area is 186 Å². The standard InChI is InChI=1S/C23H26N3O6/c1-13(27)31-20-12-21(32-14(2)28)26(6)19(24-20)11-18-23(3,4)16-10-15(22(29)30-7)8-9-17(16)25(18)5/h8-12H,1-7H3/q+1. The average Bonchev–Trinajstić information content (AvgIpc) is 2.90. The number of nitrogens with zero attached hydrogens (tertiary/aromatic N) is 3. The van der Waals surface area contributed by atoms with Crippen LogP contribution in [0, 0.1) is 0 Å². The number of anilines is 1. The highest BCUT2D eigenvalue weighted by Gasteiger charge is 2.40. The van der Waals surface area contributed by atoms with Gasteiger partial charge in [-0.2, -0.15) is 4.57 Å². The Kier molecular flexibility index (Phi) is 6.03. The molecule has 0 radical (unpaired) electrons. The first kappa shape index (κ1) is 22.9. The van der Waals surface area contributed by atoms with Crippen molar-refractivity contribution in [1.29, 1.82) is 0 Å². The highest BCUT2D eigenvalue weighted by Crippen LogP contribution is 2.47. The van der Waals surface area contributed by atoms with Crippen LogP contribution < -0.4 is 18.9 Å². The molecule has 1 aliphatic heterocycles. The lowest BCUT2D eigenvalue weighted by Gasteiger charge is -2.23. The summed E-state index contributed by atoms with van der Waals surface area (Å²) in [7, 11) is 4.96. The fourth-order valence-electron chi connectivity index (χ4n) is 3.77. The molecule has 3 rings (SSSR count). The van der Waals surface area contributed by atoms with Crippen LogP contribution in [0.5, 0.6) is 11.8 Å². The molecular formula is C23H26N3O6+. The third-order valence-electron chi connectivity index (χ3n) is 5.36. The Morgan fingerprint density at radius 3 is 2.34 bits per heavy atom. The van der Waals surface area contributed by atoms with E-state index in [4.69, 9.17) is 14.2 Å². The van der Waals surface area contributed by atoms with Crippen LogP contribution in [-0.4, -0.2) is 37.0 Å². The van der Waals surface area contributed by atoms with Gasteiger partial charge < -0.3 is 19.1 Å². The quantitative estimate of drug-likeness (QED) is 0.528. The van der Waals surface area contributed by atoms with Crippen molar-refractivity contribution in [2.45, 2.75) is 33.1 Å². The van der Waals surface area contributed by atoms with E-state index in [2.05, 4.69) is 4.98 Å². The molecule has 0 saturated carbocycles. The fraction of sp³-hybridized carbons (Fsp3) is 0.348. The van der Waals surface area contributed by atoms with Crippen LogP contribution in [0.4, 0.5) is 5.69 Å². The minimum absolute atomic E-state index is 0.0163. The monoisotopic (exact) mass is 440 g/mol. The Morgan fingerprint density at radius 2 is 1.75 bits per heavy atom. The van der Waals surface area contributed by atoms with Gasteiger partial charge in [-0.3, -0.25) is 9.59 Å². The van der Waals surface area contributed by atoms with Gasteiger partial charge in [-0.05, 0) is 28.7 Å². The summed E-state index contributed by atoms with van der Waals surface area (Å²) in [6.45, 7) is 6.62. The maximum absolute atomic E-state index is 12.0. The second kappa shape index (κ2) is 8.41. The summed E-state index contributed by atoms with van der Waals surface area (Å²) in [4.78, 5) is 41.5. The number of esters is 3. The van der Waals surface area contributed by atoms with Gasteiger partial charge in [0.1, 0.15) is 6.07 Å². The first-order chi connectivity index (χ1) is 14.9. The van der Waals surface area contributed by atoms with Gasteiger partial charge in [-0.25, -0.2) is 4.79 Å². The molecule has 0 fully saturated rings. The molecule has 0 atom stereocenters. The molecule has 0 aliphatic carbocycles. The summed E-state index contributed by atoms with van der Waals surface area (Å²) in [5.74, 6) is -0.852. The van der Waals surface area contributed by atoms with E-state index in [-0.39, 0.29) is 11.8 Å². The van der Waals surface area contributed by atoms with Crippen molar-refractivity contribution < 1.29 is 33.2 Å². The van der Waals surface area contributed by atoms with Crippen LogP contribution in [0.3, 0.4) is 0 Å². The van der Waals surface area contributed by atoms with Gasteiger partial charge >= 0.3 is 29.6 Å². The van der Waals surface area contributed by atoms with E-state index >= 15 is 0 Å². The Morgan fingerprint density at radius 1 is 1.09 bits per heavy atom. The zero-order valence-electron chi connectivity index (χ0n) is 19.2. The number of allylic oxidation sites excluding steroid dienone is 1. The smallest absolute Gasteiger partial charge is 0.343 e. The third-order valence-corrected chi connectivity index (χ3v) is 5.36. The average molecular weight is 440 g/mol. The number of hydrogen-bond donors (Lipinski definition) is 0. The molecule has 0 N–H and O–H groups in total. The highest BCUT2D eigenvalue weighted by molar-refractivity contribution is 5.91. The second-order valence-corrected chi connectivity index (χ2v) is 7.97. The first-order valence-corrected chi connectivity index (χ1v) is 9.92. The molecule has 9 nitrogen and oxygen atoms in total. The van der Waals surface area contributed by atoms with Gasteiger partial charge in [0.15, 0.2) is 0 Å². The number of ether oxygens (including phenoxy) is 3. The molecule has 0 unspecified atom stereocenters. The molecule has 1 aromatic carbocycles. The Hall–Kier alpha value is -3.75. The molecule has 9 heteroatoms. The van der Waals surface area contributed by atoms with E-state index in [1.807, 2.05) is 44.0 Å². The van der Waals surface area contributed by atoms with Crippen LogP contribution >= 0.6 is 0 Å². The molecule has 2 aromatic rings. The van der Waals surface area contributed by atoms with E-state index in [0.717, 1.165) is 16.9 Å². The summed E-state index contributed by atoms with van der Waals surface area (Å²) in [5.41, 5.74) is 2.75. The molecule has 1 aromatic heterocycles. The van der Waals surface area contributed by atoms with Crippen LogP contribution in [0.2, 0.25) is 0 Å². The predicted molar refractivity (Wildman–Crippen MR) is 115 cm³/mol. The number of carbonyl (C=O) groups is 3. The van der Waals surface area contributed by atoms with E-state index in [1.54, 1.807) is 17.7 Å². The van der Waals surface area contributed by atoms with E-state index < -0.39 is 23.3 Å². The molecule has 1 aliphatic rings. The van der Waals surface area contributed by atoms with Gasteiger partial charge in [0.2, 0.25) is 0 Å². The summed E-state index contributed by atoms with van der Waals surface area (Å²) in [6, 6.07) is 6.80. The van der Waals surface area contributed by atoms with Crippen LogP contribution in [0.1, 0.15) is 49.4 Å². The van der Waals surface area contributed by atoms with Crippen molar-refractivity contribution in [2.75, 3.05) is 19.1 Å². The normalized spacial score (nSPS) is 15.3. The van der Waals surface area contributed by atoms with Crippen molar-refractivity contribution in [2.24, 2.45) is 7.05 Å². The lowest BCUT2D eigenvalue weighted by Crippen LogP contribution is -2.37. The van der Waals surface area contributed by atoms with Crippen LogP contribution in [0.25, 0.3) is 6.08 Å². The minimum atomic E-state index is -0.542. The van der Waals surface area contributed by atoms with Crippen molar-refractivity contribution in [3.8, 4) is 11.8 Å². The van der Waals surface area contributed by atoms with Gasteiger partial charge in [-0.1, -0.05) is 13.8 Å². The Bertz CT molecular complexity index is 1150. The van der Waals surface area contributed by atoms with Crippen LogP contribution in [-0.2, 0) is 26.8 Å². The van der Waals surface area contributed by atoms with Gasteiger partial charge in [0, 0.05) is 37.7 Å². The number of rotatable bonds is 4. The number of benzene rings is 1. The summed E-state index contributed by atoms with van der Waals surface area (Å²) >= 11 is 0. The maximum atomic E-state index is 12.0. The maximum Gasteiger partial charge on any atom is 0.343 e. The van der Waals surface area contributed by atoms with Crippen LogP contribution in [0.15, 0.2) is 30.0 Å². The van der Waals surface area contributed by atoms with E-state index in [9.17, 15) is 14.4 Å². The fourth-order valence-corrected chi connectivity index (χ4v) is 3.77. The van der Waals surface area contributed by atoms with Gasteiger partial charge in [0.25, 0.3) is 5.88 Å². The number of carbonyl (C=O) groups excluding carboxylic acids is 3. The number of methoxy groups -OCH3 is 1. The van der Waals surface area contributed by atoms with Crippen molar-refractivity contribution in [3.05, 3.63) is 46.9 Å². The largest absolute Gasteiger partial charge is 0.465 e. The number of fused-ring (bicyclic) bond motifs is 1. The molecule has 32 heavy (non-hydrogen) atoms. The van der Waals surface area contributed by atoms with Gasteiger partial charge in [0.05, 0.1) is 25.8 Å². The minimum Gasteiger partial charge on any atom is -0.465 e. The van der Waals surface area contributed by atoms with Gasteiger partial charge in [-0.15, -0.1) is 0 Å². The van der Waals surface area contributed by atoms with Crippen molar-refractivity contribution in [1.82, 2.24) is 4.98 Å². The summed E-state index contributed by atoms with van der Waals surface area (Å²) < 4.78 is 16.9. The molecule has 0 saturated heterocycles. The molecule has 168 valence electrons. The third kappa shape index (κ3) is 4.18. The summed E-state index contributed by atoms with van der Waals surface area (Å²) in [5, 5.41) is 0. The molecule has 0 amide bonds. The Balaban J connectivity index is 2.15. The predicted octanol–water partition coefficient (Wildman–Crippen LogP) is 2.31. The summed E-state index contributed by atoms with van der Waals surface area (Å²) in [6.07, 6.45) is 1.83. The number of likely N-dealkylation sites (N-methyl/N-ethyl adjacent to an activating group) is 1.